The molecule has 0 N–H and O–H groups in total. The van der Waals surface area contributed by atoms with Gasteiger partial charge < -0.3 is 0 Å². The number of hydrogen-bond donors (Lipinski definition) is 0. The SMILES string of the molecule is CC(=O)n1cnc(-c2ccccc2)n1. The highest BCUT2D eigenvalue weighted by molar-refractivity contribution is 5.75. The number of rotatable bonds is 1. The van der Waals surface area contributed by atoms with Gasteiger partial charge in [-0.3, -0.25) is 4.79 Å². The van der Waals surface area contributed by atoms with E-state index in [2.05, 4.69) is 10.1 Å². The van der Waals surface area contributed by atoms with Crippen LogP contribution in [-0.4, -0.2) is 20.7 Å². The molecule has 0 aliphatic heterocycles. The Morgan fingerprint density at radius 3 is 2.57 bits per heavy atom. The van der Waals surface area contributed by atoms with Gasteiger partial charge in [-0.2, -0.15) is 4.68 Å². The summed E-state index contributed by atoms with van der Waals surface area (Å²) in [6.45, 7) is 1.45. The summed E-state index contributed by atoms with van der Waals surface area (Å²) in [5, 5.41) is 4.04. The van der Waals surface area contributed by atoms with E-state index in [1.807, 2.05) is 30.3 Å². The van der Waals surface area contributed by atoms with Crippen LogP contribution in [0.4, 0.5) is 0 Å². The van der Waals surface area contributed by atoms with Crippen molar-refractivity contribution in [3.05, 3.63) is 36.7 Å². The van der Waals surface area contributed by atoms with E-state index in [0.29, 0.717) is 5.82 Å². The molecule has 0 saturated carbocycles. The van der Waals surface area contributed by atoms with Gasteiger partial charge in [-0.15, -0.1) is 5.10 Å². The van der Waals surface area contributed by atoms with Crippen LogP contribution < -0.4 is 0 Å². The highest BCUT2D eigenvalue weighted by Gasteiger charge is 2.04. The fourth-order valence-corrected chi connectivity index (χ4v) is 1.13. The maximum atomic E-state index is 11.0. The molecule has 0 amide bonds. The average Bonchev–Trinajstić information content (AvgIpc) is 2.68. The first-order valence-electron chi connectivity index (χ1n) is 4.25. The Kier molecular flexibility index (Phi) is 2.10. The molecule has 0 aliphatic carbocycles. The van der Waals surface area contributed by atoms with Crippen LogP contribution in [0.3, 0.4) is 0 Å². The van der Waals surface area contributed by atoms with Gasteiger partial charge in [0.15, 0.2) is 5.82 Å². The molecule has 70 valence electrons. The molecule has 0 atom stereocenters. The van der Waals surface area contributed by atoms with Crippen LogP contribution >= 0.6 is 0 Å². The molecule has 2 rings (SSSR count). The highest BCUT2D eigenvalue weighted by atomic mass is 16.2. The lowest BCUT2D eigenvalue weighted by Gasteiger charge is -1.92. The van der Waals surface area contributed by atoms with Gasteiger partial charge in [-0.1, -0.05) is 30.3 Å². The predicted octanol–water partition coefficient (Wildman–Crippen LogP) is 1.61. The minimum atomic E-state index is -0.139. The third kappa shape index (κ3) is 1.54. The predicted molar refractivity (Wildman–Crippen MR) is 51.8 cm³/mol. The van der Waals surface area contributed by atoms with Crippen molar-refractivity contribution in [2.45, 2.75) is 6.92 Å². The maximum absolute atomic E-state index is 11.0. The van der Waals surface area contributed by atoms with Gasteiger partial charge in [0.05, 0.1) is 0 Å². The number of nitrogens with zero attached hydrogens (tertiary/aromatic N) is 3. The molecule has 0 bridgehead atoms. The molecule has 14 heavy (non-hydrogen) atoms. The van der Waals surface area contributed by atoms with E-state index in [0.717, 1.165) is 5.56 Å². The van der Waals surface area contributed by atoms with Crippen molar-refractivity contribution < 1.29 is 4.79 Å². The molecule has 0 radical (unpaired) electrons. The van der Waals surface area contributed by atoms with Crippen LogP contribution in [-0.2, 0) is 0 Å². The number of aromatic nitrogens is 3. The molecule has 0 unspecified atom stereocenters. The molecular weight excluding hydrogens is 178 g/mol. The Hall–Kier alpha value is -1.97. The first-order chi connectivity index (χ1) is 6.77. The zero-order valence-electron chi connectivity index (χ0n) is 7.71. The number of benzene rings is 1. The van der Waals surface area contributed by atoms with Crippen LogP contribution in [0.25, 0.3) is 11.4 Å². The summed E-state index contributed by atoms with van der Waals surface area (Å²) in [5.41, 5.74) is 0.910. The maximum Gasteiger partial charge on any atom is 0.245 e. The second kappa shape index (κ2) is 3.41. The second-order valence-corrected chi connectivity index (χ2v) is 2.90. The van der Waals surface area contributed by atoms with Crippen molar-refractivity contribution in [1.29, 1.82) is 0 Å². The quantitative estimate of drug-likeness (QED) is 0.681. The fraction of sp³-hybridized carbons (Fsp3) is 0.100. The van der Waals surface area contributed by atoms with Gasteiger partial charge in [0.25, 0.3) is 0 Å². The average molecular weight is 187 g/mol. The van der Waals surface area contributed by atoms with Crippen LogP contribution in [0.5, 0.6) is 0 Å². The lowest BCUT2D eigenvalue weighted by molar-refractivity contribution is 0.0921. The fourth-order valence-electron chi connectivity index (χ4n) is 1.13. The Morgan fingerprint density at radius 1 is 1.29 bits per heavy atom. The van der Waals surface area contributed by atoms with Crippen molar-refractivity contribution in [3.63, 3.8) is 0 Å². The Morgan fingerprint density at radius 2 is 2.00 bits per heavy atom. The molecule has 4 heteroatoms. The summed E-state index contributed by atoms with van der Waals surface area (Å²) in [4.78, 5) is 15.0. The highest BCUT2D eigenvalue weighted by Crippen LogP contribution is 2.12. The summed E-state index contributed by atoms with van der Waals surface area (Å²) in [7, 11) is 0. The Bertz CT molecular complexity index is 447. The molecule has 1 heterocycles. The zero-order chi connectivity index (χ0) is 9.97. The van der Waals surface area contributed by atoms with E-state index < -0.39 is 0 Å². The van der Waals surface area contributed by atoms with Gasteiger partial charge in [-0.05, 0) is 0 Å². The summed E-state index contributed by atoms with van der Waals surface area (Å²) in [6, 6.07) is 9.54. The molecular formula is C10H9N3O. The summed E-state index contributed by atoms with van der Waals surface area (Å²) in [5.74, 6) is 0.431. The van der Waals surface area contributed by atoms with Crippen molar-refractivity contribution in [2.24, 2.45) is 0 Å². The van der Waals surface area contributed by atoms with Crippen molar-refractivity contribution in [2.75, 3.05) is 0 Å². The second-order valence-electron chi connectivity index (χ2n) is 2.90. The normalized spacial score (nSPS) is 10.1. The number of hydrogen-bond acceptors (Lipinski definition) is 3. The van der Waals surface area contributed by atoms with Crippen LogP contribution in [0.1, 0.15) is 11.7 Å². The lowest BCUT2D eigenvalue weighted by Crippen LogP contribution is -2.05. The van der Waals surface area contributed by atoms with E-state index >= 15 is 0 Å². The van der Waals surface area contributed by atoms with Gasteiger partial charge in [0.1, 0.15) is 6.33 Å². The number of carbonyl (C=O) groups is 1. The van der Waals surface area contributed by atoms with Crippen molar-refractivity contribution in [3.8, 4) is 11.4 Å². The van der Waals surface area contributed by atoms with E-state index in [1.54, 1.807) is 0 Å². The Balaban J connectivity index is 2.39. The van der Waals surface area contributed by atoms with Crippen LogP contribution in [0.2, 0.25) is 0 Å². The third-order valence-electron chi connectivity index (χ3n) is 1.85. The summed E-state index contributed by atoms with van der Waals surface area (Å²) in [6.07, 6.45) is 1.42. The van der Waals surface area contributed by atoms with E-state index in [9.17, 15) is 4.79 Å². The summed E-state index contributed by atoms with van der Waals surface area (Å²) < 4.78 is 1.22. The molecule has 0 aliphatic rings. The largest absolute Gasteiger partial charge is 0.273 e. The van der Waals surface area contributed by atoms with Gasteiger partial charge in [-0.25, -0.2) is 4.98 Å². The van der Waals surface area contributed by atoms with E-state index in [4.69, 9.17) is 0 Å². The van der Waals surface area contributed by atoms with Crippen LogP contribution in [0, 0.1) is 0 Å². The van der Waals surface area contributed by atoms with Crippen molar-refractivity contribution >= 4 is 5.91 Å². The zero-order valence-corrected chi connectivity index (χ0v) is 7.71. The first kappa shape index (κ1) is 8.62. The van der Waals surface area contributed by atoms with Crippen molar-refractivity contribution in [1.82, 2.24) is 14.8 Å². The van der Waals surface area contributed by atoms with Gasteiger partial charge in [0, 0.05) is 12.5 Å². The minimum Gasteiger partial charge on any atom is -0.273 e. The van der Waals surface area contributed by atoms with Gasteiger partial charge in [0.2, 0.25) is 5.91 Å². The molecule has 0 spiro atoms. The lowest BCUT2D eigenvalue weighted by atomic mass is 10.2. The van der Waals surface area contributed by atoms with E-state index in [1.165, 1.54) is 17.9 Å². The molecule has 0 saturated heterocycles. The first-order valence-corrected chi connectivity index (χ1v) is 4.25. The molecule has 1 aromatic heterocycles. The van der Waals surface area contributed by atoms with E-state index in [-0.39, 0.29) is 5.91 Å². The molecule has 2 aromatic rings. The Labute approximate surface area is 81.2 Å². The number of carbonyl (C=O) groups excluding carboxylic acids is 1. The van der Waals surface area contributed by atoms with Gasteiger partial charge >= 0.3 is 0 Å². The minimum absolute atomic E-state index is 0.139. The topological polar surface area (TPSA) is 47.8 Å². The smallest absolute Gasteiger partial charge is 0.245 e. The van der Waals surface area contributed by atoms with Crippen LogP contribution in [0.15, 0.2) is 36.7 Å². The third-order valence-corrected chi connectivity index (χ3v) is 1.85. The molecule has 4 nitrogen and oxygen atoms in total. The summed E-state index contributed by atoms with van der Waals surface area (Å²) >= 11 is 0. The standard InChI is InChI=1S/C10H9N3O/c1-8(14)13-7-11-10(12-13)9-5-3-2-4-6-9/h2-7H,1H3. The molecule has 1 aromatic carbocycles. The molecule has 0 fully saturated rings. The monoisotopic (exact) mass is 187 g/mol.